The minimum atomic E-state index is -0.337. The van der Waals surface area contributed by atoms with Gasteiger partial charge in [-0.3, -0.25) is 4.79 Å². The standard InChI is InChI=1S/C15H13FN2O2/c1-8-2-3-10(6-11(8)16)20-14-7-13-9(4-12(14)17)5-15(19)18-13/h2-4,6-7H,5,17H2,1H3,(H,18,19). The van der Waals surface area contributed by atoms with Crippen LogP contribution in [0, 0.1) is 12.7 Å². The summed E-state index contributed by atoms with van der Waals surface area (Å²) in [6, 6.07) is 7.97. The zero-order valence-electron chi connectivity index (χ0n) is 10.9. The third kappa shape index (κ3) is 2.18. The molecule has 1 aliphatic heterocycles. The van der Waals surface area contributed by atoms with Gasteiger partial charge in [-0.05, 0) is 30.2 Å². The maximum atomic E-state index is 13.5. The molecule has 2 aromatic carbocycles. The van der Waals surface area contributed by atoms with Crippen molar-refractivity contribution in [2.75, 3.05) is 11.1 Å². The summed E-state index contributed by atoms with van der Waals surface area (Å²) in [4.78, 5) is 11.3. The fourth-order valence-electron chi connectivity index (χ4n) is 2.13. The highest BCUT2D eigenvalue weighted by molar-refractivity contribution is 6.00. The minimum absolute atomic E-state index is 0.0714. The van der Waals surface area contributed by atoms with Crippen LogP contribution in [0.4, 0.5) is 15.8 Å². The van der Waals surface area contributed by atoms with Gasteiger partial charge in [0.2, 0.25) is 5.91 Å². The van der Waals surface area contributed by atoms with E-state index in [0.29, 0.717) is 34.9 Å². The second-order valence-corrected chi connectivity index (χ2v) is 4.79. The van der Waals surface area contributed by atoms with Crippen molar-refractivity contribution in [3.63, 3.8) is 0 Å². The number of halogens is 1. The van der Waals surface area contributed by atoms with E-state index in [0.717, 1.165) is 5.56 Å². The van der Waals surface area contributed by atoms with Crippen LogP contribution >= 0.6 is 0 Å². The van der Waals surface area contributed by atoms with Crippen molar-refractivity contribution in [2.24, 2.45) is 0 Å². The lowest BCUT2D eigenvalue weighted by atomic mass is 10.1. The molecule has 0 saturated carbocycles. The van der Waals surface area contributed by atoms with Crippen LogP contribution in [-0.4, -0.2) is 5.91 Å². The Kier molecular flexibility index (Phi) is 2.82. The summed E-state index contributed by atoms with van der Waals surface area (Å²) in [5.74, 6) is 0.353. The Balaban J connectivity index is 1.93. The molecule has 5 heteroatoms. The number of nitrogens with two attached hydrogens (primary N) is 1. The third-order valence-corrected chi connectivity index (χ3v) is 3.23. The summed E-state index contributed by atoms with van der Waals surface area (Å²) in [5, 5.41) is 2.72. The van der Waals surface area contributed by atoms with Crippen molar-refractivity contribution in [3.8, 4) is 11.5 Å². The number of nitrogens with one attached hydrogen (secondary N) is 1. The molecule has 0 saturated heterocycles. The molecular weight excluding hydrogens is 259 g/mol. The van der Waals surface area contributed by atoms with Crippen LogP contribution in [0.1, 0.15) is 11.1 Å². The number of nitrogen functional groups attached to an aromatic ring is 1. The summed E-state index contributed by atoms with van der Waals surface area (Å²) < 4.78 is 19.1. The summed E-state index contributed by atoms with van der Waals surface area (Å²) in [6.45, 7) is 1.68. The van der Waals surface area contributed by atoms with Crippen LogP contribution < -0.4 is 15.8 Å². The number of anilines is 2. The summed E-state index contributed by atoms with van der Waals surface area (Å²) in [6.07, 6.45) is 0.318. The number of carbonyl (C=O) groups excluding carboxylic acids is 1. The van der Waals surface area contributed by atoms with Crippen molar-refractivity contribution in [2.45, 2.75) is 13.3 Å². The summed E-state index contributed by atoms with van der Waals surface area (Å²) >= 11 is 0. The SMILES string of the molecule is Cc1ccc(Oc2cc3c(cc2N)CC(=O)N3)cc1F. The number of ether oxygens (including phenoxy) is 1. The molecule has 3 N–H and O–H groups in total. The number of hydrogen-bond donors (Lipinski definition) is 2. The van der Waals surface area contributed by atoms with E-state index in [-0.39, 0.29) is 11.7 Å². The molecule has 2 aromatic rings. The molecule has 0 fully saturated rings. The van der Waals surface area contributed by atoms with Gasteiger partial charge in [0.15, 0.2) is 5.75 Å². The molecule has 1 amide bonds. The van der Waals surface area contributed by atoms with E-state index >= 15 is 0 Å². The lowest BCUT2D eigenvalue weighted by Crippen LogP contribution is -2.03. The minimum Gasteiger partial charge on any atom is -0.455 e. The number of fused-ring (bicyclic) bond motifs is 1. The molecule has 102 valence electrons. The fraction of sp³-hybridized carbons (Fsp3) is 0.133. The molecule has 1 aliphatic rings. The first kappa shape index (κ1) is 12.5. The molecule has 1 heterocycles. The van der Waals surface area contributed by atoms with Gasteiger partial charge in [0.25, 0.3) is 0 Å². The Morgan fingerprint density at radius 2 is 2.10 bits per heavy atom. The molecule has 0 aliphatic carbocycles. The van der Waals surface area contributed by atoms with E-state index < -0.39 is 0 Å². The number of carbonyl (C=O) groups is 1. The predicted octanol–water partition coefficient (Wildman–Crippen LogP) is 3.00. The van der Waals surface area contributed by atoms with Crippen LogP contribution in [0.3, 0.4) is 0 Å². The van der Waals surface area contributed by atoms with Gasteiger partial charge >= 0.3 is 0 Å². The molecule has 3 rings (SSSR count). The van der Waals surface area contributed by atoms with Crippen molar-refractivity contribution >= 4 is 17.3 Å². The summed E-state index contributed by atoms with van der Waals surface area (Å²) in [5.41, 5.74) is 8.39. The van der Waals surface area contributed by atoms with Crippen LogP contribution in [0.2, 0.25) is 0 Å². The average Bonchev–Trinajstić information content (AvgIpc) is 2.73. The van der Waals surface area contributed by atoms with Crippen molar-refractivity contribution < 1.29 is 13.9 Å². The molecule has 4 nitrogen and oxygen atoms in total. The van der Waals surface area contributed by atoms with Gasteiger partial charge in [0, 0.05) is 17.8 Å². The van der Waals surface area contributed by atoms with Crippen molar-refractivity contribution in [3.05, 3.63) is 47.3 Å². The first-order valence-corrected chi connectivity index (χ1v) is 6.19. The fourth-order valence-corrected chi connectivity index (χ4v) is 2.13. The summed E-state index contributed by atoms with van der Waals surface area (Å²) in [7, 11) is 0. The largest absolute Gasteiger partial charge is 0.455 e. The number of aryl methyl sites for hydroxylation is 1. The smallest absolute Gasteiger partial charge is 0.228 e. The van der Waals surface area contributed by atoms with Crippen molar-refractivity contribution in [1.82, 2.24) is 0 Å². The van der Waals surface area contributed by atoms with E-state index in [1.165, 1.54) is 6.07 Å². The van der Waals surface area contributed by atoms with Gasteiger partial charge in [0.05, 0.1) is 12.1 Å². The molecule has 0 aromatic heterocycles. The number of rotatable bonds is 2. The topological polar surface area (TPSA) is 64.3 Å². The highest BCUT2D eigenvalue weighted by Gasteiger charge is 2.20. The molecule has 0 unspecified atom stereocenters. The number of hydrogen-bond acceptors (Lipinski definition) is 3. The highest BCUT2D eigenvalue weighted by atomic mass is 19.1. The Labute approximate surface area is 115 Å². The molecular formula is C15H13FN2O2. The van der Waals surface area contributed by atoms with Gasteiger partial charge < -0.3 is 15.8 Å². The second kappa shape index (κ2) is 4.52. The molecule has 0 radical (unpaired) electrons. The van der Waals surface area contributed by atoms with Gasteiger partial charge in [-0.15, -0.1) is 0 Å². The Morgan fingerprint density at radius 3 is 2.85 bits per heavy atom. The van der Waals surface area contributed by atoms with Gasteiger partial charge in [0.1, 0.15) is 11.6 Å². The Hall–Kier alpha value is -2.56. The van der Waals surface area contributed by atoms with Crippen LogP contribution in [0.15, 0.2) is 30.3 Å². The lowest BCUT2D eigenvalue weighted by Gasteiger charge is -2.11. The predicted molar refractivity (Wildman–Crippen MR) is 74.4 cm³/mol. The van der Waals surface area contributed by atoms with Gasteiger partial charge in [-0.25, -0.2) is 4.39 Å². The maximum absolute atomic E-state index is 13.5. The lowest BCUT2D eigenvalue weighted by molar-refractivity contribution is -0.115. The van der Waals surface area contributed by atoms with Gasteiger partial charge in [-0.2, -0.15) is 0 Å². The Bertz CT molecular complexity index is 713. The second-order valence-electron chi connectivity index (χ2n) is 4.79. The van der Waals surface area contributed by atoms with E-state index in [4.69, 9.17) is 10.5 Å². The first-order valence-electron chi connectivity index (χ1n) is 6.19. The van der Waals surface area contributed by atoms with Crippen LogP contribution in [-0.2, 0) is 11.2 Å². The maximum Gasteiger partial charge on any atom is 0.228 e. The van der Waals surface area contributed by atoms with Gasteiger partial charge in [-0.1, -0.05) is 6.07 Å². The van der Waals surface area contributed by atoms with Crippen LogP contribution in [0.25, 0.3) is 0 Å². The zero-order chi connectivity index (χ0) is 14.3. The monoisotopic (exact) mass is 272 g/mol. The van der Waals surface area contributed by atoms with Crippen LogP contribution in [0.5, 0.6) is 11.5 Å². The molecule has 20 heavy (non-hydrogen) atoms. The van der Waals surface area contributed by atoms with E-state index in [1.807, 2.05) is 0 Å². The zero-order valence-corrected chi connectivity index (χ0v) is 10.9. The first-order chi connectivity index (χ1) is 9.52. The molecule has 0 atom stereocenters. The molecule has 0 bridgehead atoms. The van der Waals surface area contributed by atoms with E-state index in [1.54, 1.807) is 31.2 Å². The highest BCUT2D eigenvalue weighted by Crippen LogP contribution is 2.35. The number of amides is 1. The Morgan fingerprint density at radius 1 is 1.30 bits per heavy atom. The number of benzene rings is 2. The quantitative estimate of drug-likeness (QED) is 0.826. The van der Waals surface area contributed by atoms with E-state index in [9.17, 15) is 9.18 Å². The van der Waals surface area contributed by atoms with E-state index in [2.05, 4.69) is 5.32 Å². The average molecular weight is 272 g/mol. The third-order valence-electron chi connectivity index (χ3n) is 3.23. The molecule has 0 spiro atoms. The normalized spacial score (nSPS) is 13.0. The van der Waals surface area contributed by atoms with Crippen molar-refractivity contribution in [1.29, 1.82) is 0 Å².